The number of aromatic nitrogens is 1. The molecular weight excluding hydrogens is 400 g/mol. The van der Waals surface area contributed by atoms with Gasteiger partial charge in [-0.1, -0.05) is 17.7 Å². The van der Waals surface area contributed by atoms with Crippen molar-refractivity contribution in [2.24, 2.45) is 0 Å². The summed E-state index contributed by atoms with van der Waals surface area (Å²) in [7, 11) is 0. The number of amides is 1. The third-order valence-corrected chi connectivity index (χ3v) is 6.20. The molecule has 3 heterocycles. The van der Waals surface area contributed by atoms with Crippen molar-refractivity contribution >= 4 is 23.6 Å². The van der Waals surface area contributed by atoms with Crippen LogP contribution in [-0.4, -0.2) is 47.7 Å². The Morgan fingerprint density at radius 3 is 2.73 bits per heavy atom. The molecule has 1 aliphatic rings. The highest BCUT2D eigenvalue weighted by Gasteiger charge is 2.27. The number of piperazine rings is 1. The van der Waals surface area contributed by atoms with Gasteiger partial charge in [-0.2, -0.15) is 10.2 Å². The summed E-state index contributed by atoms with van der Waals surface area (Å²) in [5, 5.41) is 9.42. The number of carbonyl (C=O) groups excluding carboxylic acids is 1. The van der Waals surface area contributed by atoms with Crippen LogP contribution in [0, 0.1) is 25.2 Å². The molecule has 1 fully saturated rings. The maximum absolute atomic E-state index is 12.7. The number of benzene rings is 1. The van der Waals surface area contributed by atoms with Gasteiger partial charge in [0, 0.05) is 31.1 Å². The molecular formula is C22H22N4O3S. The minimum atomic E-state index is 0.120. The van der Waals surface area contributed by atoms with E-state index in [2.05, 4.69) is 43.1 Å². The molecule has 2 aromatic heterocycles. The van der Waals surface area contributed by atoms with E-state index in [0.29, 0.717) is 43.6 Å². The second-order valence-corrected chi connectivity index (χ2v) is 8.20. The average Bonchev–Trinajstić information content (AvgIpc) is 3.44. The summed E-state index contributed by atoms with van der Waals surface area (Å²) in [5.74, 6) is 1.74. The zero-order chi connectivity index (χ0) is 21.1. The summed E-state index contributed by atoms with van der Waals surface area (Å²) in [6, 6.07) is 11.9. The SMILES string of the molecule is Cc1ccc(C)c(SCC(=O)N2CCN(c3oc(-c4ccco4)nc3C#N)CC2)c1. The molecule has 0 saturated carbocycles. The van der Waals surface area contributed by atoms with E-state index in [1.165, 1.54) is 17.4 Å². The average molecular weight is 423 g/mol. The van der Waals surface area contributed by atoms with Gasteiger partial charge in [0.15, 0.2) is 5.76 Å². The van der Waals surface area contributed by atoms with E-state index in [-0.39, 0.29) is 17.5 Å². The summed E-state index contributed by atoms with van der Waals surface area (Å²) >= 11 is 1.58. The van der Waals surface area contributed by atoms with Crippen LogP contribution in [0.25, 0.3) is 11.7 Å². The smallest absolute Gasteiger partial charge is 0.266 e. The molecule has 4 rings (SSSR count). The molecule has 0 radical (unpaired) electrons. The molecule has 0 unspecified atom stereocenters. The normalized spacial score (nSPS) is 14.0. The van der Waals surface area contributed by atoms with E-state index in [9.17, 15) is 10.1 Å². The fourth-order valence-electron chi connectivity index (χ4n) is 3.36. The Balaban J connectivity index is 1.36. The van der Waals surface area contributed by atoms with Gasteiger partial charge >= 0.3 is 0 Å². The molecule has 0 aliphatic carbocycles. The van der Waals surface area contributed by atoms with Crippen molar-refractivity contribution in [2.75, 3.05) is 36.8 Å². The Bertz CT molecular complexity index is 1080. The van der Waals surface area contributed by atoms with E-state index < -0.39 is 0 Å². The Hall–Kier alpha value is -3.18. The molecule has 3 aromatic rings. The predicted octanol–water partition coefficient (Wildman–Crippen LogP) is 3.86. The molecule has 154 valence electrons. The number of hydrogen-bond acceptors (Lipinski definition) is 7. The molecule has 8 heteroatoms. The fourth-order valence-corrected chi connectivity index (χ4v) is 4.38. The van der Waals surface area contributed by atoms with E-state index in [0.717, 1.165) is 4.90 Å². The van der Waals surface area contributed by atoms with Gasteiger partial charge in [0.2, 0.25) is 17.5 Å². The van der Waals surface area contributed by atoms with Crippen LogP contribution in [0.1, 0.15) is 16.8 Å². The number of thioether (sulfide) groups is 1. The Kier molecular flexibility index (Phi) is 5.81. The number of oxazole rings is 1. The van der Waals surface area contributed by atoms with E-state index in [4.69, 9.17) is 8.83 Å². The number of carbonyl (C=O) groups is 1. The second-order valence-electron chi connectivity index (χ2n) is 7.19. The van der Waals surface area contributed by atoms with Crippen molar-refractivity contribution in [3.63, 3.8) is 0 Å². The van der Waals surface area contributed by atoms with Gasteiger partial charge in [-0.15, -0.1) is 11.8 Å². The van der Waals surface area contributed by atoms with Gasteiger partial charge < -0.3 is 18.6 Å². The minimum Gasteiger partial charge on any atom is -0.459 e. The number of hydrogen-bond donors (Lipinski definition) is 0. The summed E-state index contributed by atoms with van der Waals surface area (Å²) in [6.45, 7) is 6.44. The second kappa shape index (κ2) is 8.67. The third kappa shape index (κ3) is 4.21. The standard InChI is InChI=1S/C22H22N4O3S/c1-15-5-6-16(2)19(12-15)30-14-20(27)25-7-9-26(10-8-25)22-17(13-23)24-21(29-22)18-4-3-11-28-18/h3-6,11-12H,7-10,14H2,1-2H3. The summed E-state index contributed by atoms with van der Waals surface area (Å²) in [6.07, 6.45) is 1.53. The van der Waals surface area contributed by atoms with Crippen molar-refractivity contribution in [2.45, 2.75) is 18.7 Å². The number of nitriles is 1. The van der Waals surface area contributed by atoms with Gasteiger partial charge in [-0.25, -0.2) is 0 Å². The van der Waals surface area contributed by atoms with Crippen LogP contribution >= 0.6 is 11.8 Å². The lowest BCUT2D eigenvalue weighted by Gasteiger charge is -2.34. The first-order valence-electron chi connectivity index (χ1n) is 9.72. The maximum Gasteiger partial charge on any atom is 0.266 e. The van der Waals surface area contributed by atoms with E-state index in [1.807, 2.05) is 9.80 Å². The molecule has 0 atom stereocenters. The first kappa shape index (κ1) is 20.1. The largest absolute Gasteiger partial charge is 0.459 e. The quantitative estimate of drug-likeness (QED) is 0.577. The van der Waals surface area contributed by atoms with Crippen LogP contribution in [0.3, 0.4) is 0 Å². The lowest BCUT2D eigenvalue weighted by atomic mass is 10.2. The van der Waals surface area contributed by atoms with E-state index in [1.54, 1.807) is 23.9 Å². The number of nitrogens with zero attached hydrogens (tertiary/aromatic N) is 4. The lowest BCUT2D eigenvalue weighted by Crippen LogP contribution is -2.49. The molecule has 30 heavy (non-hydrogen) atoms. The molecule has 7 nitrogen and oxygen atoms in total. The van der Waals surface area contributed by atoms with Crippen LogP contribution < -0.4 is 4.90 Å². The van der Waals surface area contributed by atoms with Gasteiger partial charge in [0.1, 0.15) is 6.07 Å². The zero-order valence-corrected chi connectivity index (χ0v) is 17.7. The Labute approximate surface area is 179 Å². The Morgan fingerprint density at radius 1 is 1.23 bits per heavy atom. The van der Waals surface area contributed by atoms with Crippen molar-refractivity contribution < 1.29 is 13.6 Å². The first-order valence-corrected chi connectivity index (χ1v) is 10.7. The Morgan fingerprint density at radius 2 is 2.03 bits per heavy atom. The van der Waals surface area contributed by atoms with Crippen LogP contribution in [0.5, 0.6) is 0 Å². The predicted molar refractivity (Wildman–Crippen MR) is 114 cm³/mol. The van der Waals surface area contributed by atoms with Gasteiger partial charge in [0.25, 0.3) is 5.89 Å². The first-order chi connectivity index (χ1) is 14.5. The highest BCUT2D eigenvalue weighted by atomic mass is 32.2. The molecule has 1 aliphatic heterocycles. The molecule has 1 saturated heterocycles. The number of rotatable bonds is 5. The molecule has 0 N–H and O–H groups in total. The summed E-state index contributed by atoms with van der Waals surface area (Å²) < 4.78 is 11.1. The number of anilines is 1. The fraction of sp³-hybridized carbons (Fsp3) is 0.318. The van der Waals surface area contributed by atoms with Gasteiger partial charge in [-0.3, -0.25) is 4.79 Å². The van der Waals surface area contributed by atoms with Crippen LogP contribution in [0.2, 0.25) is 0 Å². The van der Waals surface area contributed by atoms with Crippen molar-refractivity contribution in [3.8, 4) is 17.7 Å². The van der Waals surface area contributed by atoms with E-state index >= 15 is 0 Å². The topological polar surface area (TPSA) is 86.5 Å². The monoisotopic (exact) mass is 422 g/mol. The highest BCUT2D eigenvalue weighted by molar-refractivity contribution is 8.00. The minimum absolute atomic E-state index is 0.120. The highest BCUT2D eigenvalue weighted by Crippen LogP contribution is 2.29. The molecule has 1 amide bonds. The zero-order valence-electron chi connectivity index (χ0n) is 16.9. The van der Waals surface area contributed by atoms with Crippen LogP contribution in [0.15, 0.2) is 50.3 Å². The third-order valence-electron chi connectivity index (χ3n) is 5.06. The van der Waals surface area contributed by atoms with Gasteiger partial charge in [-0.05, 0) is 37.6 Å². The van der Waals surface area contributed by atoms with Crippen LogP contribution in [-0.2, 0) is 4.79 Å². The van der Waals surface area contributed by atoms with Crippen molar-refractivity contribution in [1.29, 1.82) is 5.26 Å². The number of aryl methyl sites for hydroxylation is 2. The molecule has 0 spiro atoms. The lowest BCUT2D eigenvalue weighted by molar-refractivity contribution is -0.128. The molecule has 0 bridgehead atoms. The number of furan rings is 1. The maximum atomic E-state index is 12.7. The molecule has 1 aromatic carbocycles. The summed E-state index contributed by atoms with van der Waals surface area (Å²) in [5.41, 5.74) is 2.61. The van der Waals surface area contributed by atoms with Crippen molar-refractivity contribution in [1.82, 2.24) is 9.88 Å². The van der Waals surface area contributed by atoms with Gasteiger partial charge in [0.05, 0.1) is 12.0 Å². The van der Waals surface area contributed by atoms with Crippen molar-refractivity contribution in [3.05, 3.63) is 53.4 Å². The summed E-state index contributed by atoms with van der Waals surface area (Å²) in [4.78, 5) is 21.9. The van der Waals surface area contributed by atoms with Crippen LogP contribution in [0.4, 0.5) is 5.88 Å².